The molecule has 0 N–H and O–H groups in total. The van der Waals surface area contributed by atoms with Gasteiger partial charge in [-0.1, -0.05) is 18.2 Å². The van der Waals surface area contributed by atoms with Crippen molar-refractivity contribution in [3.63, 3.8) is 0 Å². The molecule has 0 aliphatic carbocycles. The second-order valence-electron chi connectivity index (χ2n) is 9.07. The summed E-state index contributed by atoms with van der Waals surface area (Å²) in [5.41, 5.74) is 1.41. The van der Waals surface area contributed by atoms with E-state index in [1.807, 2.05) is 35.7 Å². The Bertz CT molecular complexity index is 1230. The second kappa shape index (κ2) is 11.7. The Balaban J connectivity index is 1.37. The molecule has 3 heterocycles. The molecular weight excluding hydrogens is 492 g/mol. The van der Waals surface area contributed by atoms with E-state index in [0.717, 1.165) is 23.3 Å². The summed E-state index contributed by atoms with van der Waals surface area (Å²) in [7, 11) is 1.57. The van der Waals surface area contributed by atoms with E-state index in [4.69, 9.17) is 18.9 Å². The van der Waals surface area contributed by atoms with Crippen LogP contribution in [0.1, 0.15) is 33.6 Å². The third-order valence-electron chi connectivity index (χ3n) is 6.47. The SMILES string of the molecule is COc1cccc(C(=O)N(CC(=O)N(Cc2ccc3c(c2)OCO3)Cc2cccs2)C[C@H]2CCCO2)c1. The fourth-order valence-electron chi connectivity index (χ4n) is 4.54. The van der Waals surface area contributed by atoms with Gasteiger partial charge in [-0.05, 0) is 60.2 Å². The molecule has 1 atom stereocenters. The first-order valence-corrected chi connectivity index (χ1v) is 13.2. The summed E-state index contributed by atoms with van der Waals surface area (Å²) in [6.45, 7) is 2.01. The summed E-state index contributed by atoms with van der Waals surface area (Å²) in [5.74, 6) is 1.61. The van der Waals surface area contributed by atoms with Gasteiger partial charge in [-0.25, -0.2) is 0 Å². The first-order valence-electron chi connectivity index (χ1n) is 12.3. The van der Waals surface area contributed by atoms with Crippen molar-refractivity contribution in [2.75, 3.05) is 33.6 Å². The van der Waals surface area contributed by atoms with Crippen molar-refractivity contribution in [2.24, 2.45) is 0 Å². The van der Waals surface area contributed by atoms with Crippen molar-refractivity contribution in [3.8, 4) is 17.2 Å². The molecule has 1 saturated heterocycles. The molecule has 194 valence electrons. The molecule has 1 aromatic heterocycles. The zero-order chi connectivity index (χ0) is 25.6. The number of hydrogen-bond donors (Lipinski definition) is 0. The maximum atomic E-state index is 13.8. The Kier molecular flexibility index (Phi) is 7.91. The number of fused-ring (bicyclic) bond motifs is 1. The lowest BCUT2D eigenvalue weighted by Gasteiger charge is -2.29. The number of amides is 2. The van der Waals surface area contributed by atoms with Gasteiger partial charge in [0.25, 0.3) is 5.91 Å². The van der Waals surface area contributed by atoms with Gasteiger partial charge in [0.15, 0.2) is 11.5 Å². The van der Waals surface area contributed by atoms with Crippen LogP contribution in [-0.2, 0) is 22.6 Å². The van der Waals surface area contributed by atoms with E-state index in [1.165, 1.54) is 0 Å². The van der Waals surface area contributed by atoms with Crippen LogP contribution in [0.3, 0.4) is 0 Å². The topological polar surface area (TPSA) is 77.5 Å². The average Bonchev–Trinajstić information content (AvgIpc) is 3.71. The molecule has 8 nitrogen and oxygen atoms in total. The fraction of sp³-hybridized carbons (Fsp3) is 0.357. The van der Waals surface area contributed by atoms with Gasteiger partial charge in [0.2, 0.25) is 12.7 Å². The summed E-state index contributed by atoms with van der Waals surface area (Å²) in [6, 6.07) is 16.7. The van der Waals surface area contributed by atoms with Crippen LogP contribution in [0.4, 0.5) is 0 Å². The third-order valence-corrected chi connectivity index (χ3v) is 7.33. The van der Waals surface area contributed by atoms with Crippen molar-refractivity contribution in [1.82, 2.24) is 9.80 Å². The molecule has 5 rings (SSSR count). The van der Waals surface area contributed by atoms with Crippen LogP contribution in [0.2, 0.25) is 0 Å². The summed E-state index contributed by atoms with van der Waals surface area (Å²) >= 11 is 1.60. The maximum absolute atomic E-state index is 13.8. The minimum Gasteiger partial charge on any atom is -0.497 e. The van der Waals surface area contributed by atoms with Gasteiger partial charge in [-0.15, -0.1) is 11.3 Å². The van der Waals surface area contributed by atoms with E-state index in [0.29, 0.717) is 49.1 Å². The van der Waals surface area contributed by atoms with Crippen molar-refractivity contribution in [2.45, 2.75) is 32.0 Å². The fourth-order valence-corrected chi connectivity index (χ4v) is 5.26. The van der Waals surface area contributed by atoms with Crippen LogP contribution in [0.5, 0.6) is 17.2 Å². The Morgan fingerprint density at radius 3 is 2.70 bits per heavy atom. The minimum absolute atomic E-state index is 0.0498. The first kappa shape index (κ1) is 25.1. The Morgan fingerprint density at radius 1 is 1.03 bits per heavy atom. The first-order chi connectivity index (χ1) is 18.1. The number of methoxy groups -OCH3 is 1. The molecule has 0 saturated carbocycles. The Hall–Kier alpha value is -3.56. The summed E-state index contributed by atoms with van der Waals surface area (Å²) in [5, 5.41) is 1.99. The molecular formula is C28H30N2O6S. The number of ether oxygens (including phenoxy) is 4. The third kappa shape index (κ3) is 6.23. The predicted octanol–water partition coefficient (Wildman–Crippen LogP) is 4.34. The zero-order valence-corrected chi connectivity index (χ0v) is 21.6. The van der Waals surface area contributed by atoms with Gasteiger partial charge < -0.3 is 28.7 Å². The zero-order valence-electron chi connectivity index (χ0n) is 20.8. The van der Waals surface area contributed by atoms with Crippen LogP contribution in [0.25, 0.3) is 0 Å². The maximum Gasteiger partial charge on any atom is 0.254 e. The normalized spacial score (nSPS) is 16.0. The van der Waals surface area contributed by atoms with Crippen molar-refractivity contribution < 1.29 is 28.5 Å². The van der Waals surface area contributed by atoms with Gasteiger partial charge in [-0.2, -0.15) is 0 Å². The van der Waals surface area contributed by atoms with Crippen LogP contribution in [0, 0.1) is 0 Å². The van der Waals surface area contributed by atoms with Crippen LogP contribution in [-0.4, -0.2) is 61.3 Å². The molecule has 0 spiro atoms. The highest BCUT2D eigenvalue weighted by atomic mass is 32.1. The van der Waals surface area contributed by atoms with Gasteiger partial charge in [0.1, 0.15) is 12.3 Å². The van der Waals surface area contributed by atoms with Crippen LogP contribution in [0.15, 0.2) is 60.0 Å². The lowest BCUT2D eigenvalue weighted by molar-refractivity contribution is -0.133. The summed E-state index contributed by atoms with van der Waals surface area (Å²) in [6.07, 6.45) is 1.74. The predicted molar refractivity (Wildman–Crippen MR) is 139 cm³/mol. The van der Waals surface area contributed by atoms with E-state index >= 15 is 0 Å². The van der Waals surface area contributed by atoms with Gasteiger partial charge in [0, 0.05) is 30.1 Å². The highest BCUT2D eigenvalue weighted by Gasteiger charge is 2.28. The van der Waals surface area contributed by atoms with E-state index in [-0.39, 0.29) is 31.3 Å². The van der Waals surface area contributed by atoms with Crippen molar-refractivity contribution >= 4 is 23.2 Å². The smallest absolute Gasteiger partial charge is 0.254 e. The standard InChI is InChI=1S/C28H30N2O6S/c1-33-22-6-2-5-21(14-22)28(32)30(16-23-7-3-11-34-23)18-27(31)29(17-24-8-4-12-37-24)15-20-9-10-25-26(13-20)36-19-35-25/h2,4-6,8-10,12-14,23H,3,7,11,15-19H2,1H3/t23-/m1/s1. The molecule has 2 aromatic carbocycles. The lowest BCUT2D eigenvalue weighted by Crippen LogP contribution is -2.45. The highest BCUT2D eigenvalue weighted by Crippen LogP contribution is 2.33. The van der Waals surface area contributed by atoms with Gasteiger partial charge in [0.05, 0.1) is 19.8 Å². The second-order valence-corrected chi connectivity index (χ2v) is 10.1. The molecule has 9 heteroatoms. The number of thiophene rings is 1. The number of rotatable bonds is 10. The Labute approximate surface area is 220 Å². The van der Waals surface area contributed by atoms with Gasteiger partial charge in [-0.3, -0.25) is 9.59 Å². The molecule has 2 aliphatic rings. The molecule has 0 radical (unpaired) electrons. The Morgan fingerprint density at radius 2 is 1.92 bits per heavy atom. The lowest BCUT2D eigenvalue weighted by atomic mass is 10.1. The molecule has 2 aliphatic heterocycles. The van der Waals surface area contributed by atoms with E-state index < -0.39 is 0 Å². The molecule has 2 amide bonds. The molecule has 0 bridgehead atoms. The minimum atomic E-state index is -0.220. The van der Waals surface area contributed by atoms with Crippen molar-refractivity contribution in [3.05, 3.63) is 76.0 Å². The number of benzene rings is 2. The average molecular weight is 523 g/mol. The quantitative estimate of drug-likeness (QED) is 0.394. The van der Waals surface area contributed by atoms with E-state index in [9.17, 15) is 9.59 Å². The molecule has 37 heavy (non-hydrogen) atoms. The number of carbonyl (C=O) groups is 2. The summed E-state index contributed by atoms with van der Waals surface area (Å²) < 4.78 is 22.1. The number of nitrogens with zero attached hydrogens (tertiary/aromatic N) is 2. The summed E-state index contributed by atoms with van der Waals surface area (Å²) in [4.78, 5) is 31.8. The number of hydrogen-bond acceptors (Lipinski definition) is 7. The number of carbonyl (C=O) groups excluding carboxylic acids is 2. The highest BCUT2D eigenvalue weighted by molar-refractivity contribution is 7.09. The largest absolute Gasteiger partial charge is 0.497 e. The van der Waals surface area contributed by atoms with E-state index in [2.05, 4.69) is 0 Å². The van der Waals surface area contributed by atoms with E-state index in [1.54, 1.807) is 52.5 Å². The molecule has 3 aromatic rings. The monoisotopic (exact) mass is 522 g/mol. The van der Waals surface area contributed by atoms with Crippen LogP contribution < -0.4 is 14.2 Å². The van der Waals surface area contributed by atoms with Crippen molar-refractivity contribution in [1.29, 1.82) is 0 Å². The molecule has 0 unspecified atom stereocenters. The van der Waals surface area contributed by atoms with Gasteiger partial charge >= 0.3 is 0 Å². The molecule has 1 fully saturated rings. The van der Waals surface area contributed by atoms with Crippen LogP contribution >= 0.6 is 11.3 Å².